The van der Waals surface area contributed by atoms with Crippen LogP contribution in [0.3, 0.4) is 0 Å². The predicted octanol–water partition coefficient (Wildman–Crippen LogP) is 8.43. The molecule has 0 fully saturated rings. The van der Waals surface area contributed by atoms with Crippen molar-refractivity contribution in [1.29, 1.82) is 0 Å². The normalized spacial score (nSPS) is 14.1. The zero-order valence-electron chi connectivity index (χ0n) is 16.2. The molecule has 0 N–H and O–H groups in total. The molecule has 0 aromatic heterocycles. The highest BCUT2D eigenvalue weighted by atomic mass is 32.2. The van der Waals surface area contributed by atoms with Crippen LogP contribution in [0.5, 0.6) is 0 Å². The number of rotatable bonds is 3. The maximum Gasteiger partial charge on any atom is 0.0571 e. The predicted molar refractivity (Wildman–Crippen MR) is 134 cm³/mol. The van der Waals surface area contributed by atoms with Gasteiger partial charge in [-0.3, -0.25) is 0 Å². The fourth-order valence-electron chi connectivity index (χ4n) is 4.18. The Labute approximate surface area is 185 Å². The third-order valence-corrected chi connectivity index (χ3v) is 7.73. The third kappa shape index (κ3) is 3.04. The molecule has 30 heavy (non-hydrogen) atoms. The van der Waals surface area contributed by atoms with Gasteiger partial charge in [-0.1, -0.05) is 108 Å². The van der Waals surface area contributed by atoms with Crippen molar-refractivity contribution in [2.24, 2.45) is 0 Å². The number of hydrogen-bond donors (Lipinski definition) is 0. The topological polar surface area (TPSA) is 0 Å². The monoisotopic (exact) mass is 418 g/mol. The van der Waals surface area contributed by atoms with Gasteiger partial charge in [0, 0.05) is 5.57 Å². The summed E-state index contributed by atoms with van der Waals surface area (Å²) in [7, 11) is 0. The van der Waals surface area contributed by atoms with Crippen molar-refractivity contribution >= 4 is 51.0 Å². The molecule has 6 rings (SSSR count). The van der Waals surface area contributed by atoms with Crippen LogP contribution in [0.4, 0.5) is 0 Å². The smallest absolute Gasteiger partial charge is 0.0571 e. The molecular weight excluding hydrogens is 400 g/mol. The number of fused-ring (bicyclic) bond motifs is 2. The molecule has 0 amide bonds. The second kappa shape index (κ2) is 7.39. The van der Waals surface area contributed by atoms with Gasteiger partial charge >= 0.3 is 0 Å². The lowest BCUT2D eigenvalue weighted by atomic mass is 9.92. The Hall–Kier alpha value is -2.94. The first-order valence-electron chi connectivity index (χ1n) is 10.0. The molecule has 0 bridgehead atoms. The van der Waals surface area contributed by atoms with Gasteiger partial charge in [0.1, 0.15) is 0 Å². The van der Waals surface area contributed by atoms with Crippen LogP contribution in [0.15, 0.2) is 112 Å². The lowest BCUT2D eigenvalue weighted by molar-refractivity contribution is 1.59. The molecule has 1 aliphatic heterocycles. The summed E-state index contributed by atoms with van der Waals surface area (Å²) in [5.74, 6) is 0. The summed E-state index contributed by atoms with van der Waals surface area (Å²) in [5.41, 5.74) is 9.35. The summed E-state index contributed by atoms with van der Waals surface area (Å²) in [4.78, 5) is 0. The minimum atomic E-state index is 1.27. The van der Waals surface area contributed by atoms with Crippen molar-refractivity contribution in [2.75, 3.05) is 0 Å². The lowest BCUT2D eigenvalue weighted by Crippen LogP contribution is -1.93. The Balaban J connectivity index is 1.65. The summed E-state index contributed by atoms with van der Waals surface area (Å²) >= 11 is 3.65. The molecule has 0 saturated carbocycles. The van der Waals surface area contributed by atoms with Crippen LogP contribution in [0.1, 0.15) is 22.3 Å². The Morgan fingerprint density at radius 1 is 0.500 bits per heavy atom. The molecule has 4 aromatic carbocycles. The van der Waals surface area contributed by atoms with Gasteiger partial charge in [0.25, 0.3) is 0 Å². The van der Waals surface area contributed by atoms with E-state index in [9.17, 15) is 0 Å². The zero-order chi connectivity index (χ0) is 19.9. The molecule has 2 aliphatic rings. The molecule has 2 heteroatoms. The Morgan fingerprint density at radius 3 is 1.50 bits per heavy atom. The first-order valence-corrected chi connectivity index (χ1v) is 11.8. The molecule has 4 aromatic rings. The van der Waals surface area contributed by atoms with Crippen LogP contribution in [-0.4, -0.2) is 0 Å². The first kappa shape index (κ1) is 17.9. The fraction of sp³-hybridized carbons (Fsp3) is 0. The Morgan fingerprint density at radius 2 is 0.967 bits per heavy atom. The molecule has 0 radical (unpaired) electrons. The van der Waals surface area contributed by atoms with E-state index in [0.29, 0.717) is 0 Å². The number of thioether (sulfide) groups is 2. The van der Waals surface area contributed by atoms with Crippen LogP contribution in [0.25, 0.3) is 27.5 Å². The van der Waals surface area contributed by atoms with E-state index >= 15 is 0 Å². The van der Waals surface area contributed by atoms with Crippen LogP contribution < -0.4 is 0 Å². The lowest BCUT2D eigenvalue weighted by Gasteiger charge is -2.16. The van der Waals surface area contributed by atoms with Crippen molar-refractivity contribution < 1.29 is 0 Å². The average Bonchev–Trinajstić information content (AvgIpc) is 3.21. The summed E-state index contributed by atoms with van der Waals surface area (Å²) in [5, 5.41) is 6.98. The maximum absolute atomic E-state index is 2.35. The molecule has 0 unspecified atom stereocenters. The van der Waals surface area contributed by atoms with Crippen molar-refractivity contribution in [3.63, 3.8) is 0 Å². The van der Waals surface area contributed by atoms with E-state index < -0.39 is 0 Å². The number of benzene rings is 4. The molecule has 0 spiro atoms. The average molecular weight is 419 g/mol. The van der Waals surface area contributed by atoms with Crippen LogP contribution in [0.2, 0.25) is 0 Å². The van der Waals surface area contributed by atoms with Crippen LogP contribution >= 0.6 is 23.5 Å². The van der Waals surface area contributed by atoms with Gasteiger partial charge in [0.05, 0.1) is 4.24 Å². The molecule has 0 nitrogen and oxygen atoms in total. The van der Waals surface area contributed by atoms with Gasteiger partial charge in [-0.05, 0) is 67.1 Å². The highest BCUT2D eigenvalue weighted by Gasteiger charge is 2.33. The fourth-order valence-corrected chi connectivity index (χ4v) is 6.11. The van der Waals surface area contributed by atoms with Crippen LogP contribution in [0, 0.1) is 0 Å². The molecule has 1 heterocycles. The van der Waals surface area contributed by atoms with Gasteiger partial charge in [0.2, 0.25) is 0 Å². The largest absolute Gasteiger partial charge is 0.0895 e. The van der Waals surface area contributed by atoms with Gasteiger partial charge in [-0.2, -0.15) is 0 Å². The van der Waals surface area contributed by atoms with Crippen molar-refractivity contribution in [1.82, 2.24) is 0 Å². The van der Waals surface area contributed by atoms with E-state index in [1.54, 1.807) is 0 Å². The second-order valence-electron chi connectivity index (χ2n) is 7.40. The van der Waals surface area contributed by atoms with Crippen molar-refractivity contribution in [3.8, 4) is 0 Å². The second-order valence-corrected chi connectivity index (χ2v) is 9.49. The first-order chi connectivity index (χ1) is 14.9. The van der Waals surface area contributed by atoms with E-state index in [4.69, 9.17) is 0 Å². The summed E-state index contributed by atoms with van der Waals surface area (Å²) in [6.45, 7) is 0. The van der Waals surface area contributed by atoms with Gasteiger partial charge in [-0.15, -0.1) is 0 Å². The van der Waals surface area contributed by atoms with Gasteiger partial charge in [-0.25, -0.2) is 0 Å². The number of allylic oxidation sites excluding steroid dienone is 2. The van der Waals surface area contributed by atoms with E-state index in [2.05, 4.69) is 108 Å². The quantitative estimate of drug-likeness (QED) is 0.288. The van der Waals surface area contributed by atoms with Gasteiger partial charge < -0.3 is 0 Å². The maximum atomic E-state index is 2.35. The van der Waals surface area contributed by atoms with E-state index in [1.807, 2.05) is 23.5 Å². The minimum absolute atomic E-state index is 1.27. The highest BCUT2D eigenvalue weighted by Crippen LogP contribution is 2.56. The summed E-state index contributed by atoms with van der Waals surface area (Å²) in [6.07, 6.45) is 0. The SMILES string of the molecule is C1=CSC(=C(C(=C2c3cc4ccccc4cc32)c2ccccc2)c2ccccc2)S1. The van der Waals surface area contributed by atoms with Crippen LogP contribution in [-0.2, 0) is 0 Å². The Bertz CT molecular complexity index is 1310. The molecular formula is C28H18S2. The Kier molecular flexibility index (Phi) is 4.40. The van der Waals surface area contributed by atoms with Crippen molar-refractivity contribution in [2.45, 2.75) is 0 Å². The molecule has 1 aliphatic carbocycles. The standard InChI is InChI=1S/C28H18S2/c1-3-9-19(10-4-1)25(26(28-29-15-16-30-28)20-11-5-2-6-12-20)27-23-17-21-13-7-8-14-22(21)18-24(23)27/h1-18H. The van der Waals surface area contributed by atoms with Gasteiger partial charge in [0.15, 0.2) is 0 Å². The van der Waals surface area contributed by atoms with Crippen molar-refractivity contribution in [3.05, 3.63) is 134 Å². The molecule has 0 saturated heterocycles. The third-order valence-electron chi connectivity index (χ3n) is 5.60. The van der Waals surface area contributed by atoms with E-state index in [0.717, 1.165) is 0 Å². The number of hydrogen-bond acceptors (Lipinski definition) is 2. The summed E-state index contributed by atoms with van der Waals surface area (Å²) in [6, 6.07) is 35.0. The van der Waals surface area contributed by atoms with E-state index in [1.165, 1.54) is 54.0 Å². The van der Waals surface area contributed by atoms with E-state index in [-0.39, 0.29) is 0 Å². The summed E-state index contributed by atoms with van der Waals surface area (Å²) < 4.78 is 1.34. The minimum Gasteiger partial charge on any atom is -0.0895 e. The zero-order valence-corrected chi connectivity index (χ0v) is 17.8. The molecule has 142 valence electrons. The molecule has 0 atom stereocenters. The highest BCUT2D eigenvalue weighted by molar-refractivity contribution is 8.27.